The van der Waals surface area contributed by atoms with Crippen molar-refractivity contribution in [2.75, 3.05) is 25.6 Å². The minimum absolute atomic E-state index is 0.259. The van der Waals surface area contributed by atoms with Gasteiger partial charge in [0.15, 0.2) is 11.5 Å². The lowest BCUT2D eigenvalue weighted by atomic mass is 10.1. The number of benzene rings is 1. The molecule has 4 nitrogen and oxygen atoms in total. The van der Waals surface area contributed by atoms with Crippen molar-refractivity contribution >= 4 is 5.69 Å². The molecule has 8 heteroatoms. The highest BCUT2D eigenvalue weighted by Crippen LogP contribution is 2.35. The fourth-order valence-corrected chi connectivity index (χ4v) is 1.63. The van der Waals surface area contributed by atoms with E-state index in [-0.39, 0.29) is 12.3 Å². The molecule has 2 N–H and O–H groups in total. The van der Waals surface area contributed by atoms with Crippen LogP contribution in [0.2, 0.25) is 0 Å². The summed E-state index contributed by atoms with van der Waals surface area (Å²) in [5.74, 6) is -3.30. The molecule has 0 saturated carbocycles. The molecule has 1 aliphatic heterocycles. The smallest absolute Gasteiger partial charge is 0.330 e. The van der Waals surface area contributed by atoms with E-state index in [0.717, 1.165) is 0 Å². The molecule has 0 aliphatic carbocycles. The van der Waals surface area contributed by atoms with E-state index in [1.807, 2.05) is 0 Å². The summed E-state index contributed by atoms with van der Waals surface area (Å²) in [6, 6.07) is 2.97. The van der Waals surface area contributed by atoms with E-state index in [9.17, 15) is 17.6 Å². The Balaban J connectivity index is 2.00. The number of alkyl halides is 4. The molecule has 0 radical (unpaired) electrons. The Morgan fingerprint density at radius 3 is 2.40 bits per heavy atom. The van der Waals surface area contributed by atoms with Crippen molar-refractivity contribution in [2.24, 2.45) is 0 Å². The number of hydrogen-bond donors (Lipinski definition) is 1. The molecule has 0 unspecified atom stereocenters. The summed E-state index contributed by atoms with van der Waals surface area (Å²) >= 11 is 0. The summed E-state index contributed by atoms with van der Waals surface area (Å²) in [6.07, 6.45) is -3.76. The van der Waals surface area contributed by atoms with E-state index in [0.29, 0.717) is 30.3 Å². The summed E-state index contributed by atoms with van der Waals surface area (Å²) in [5, 5.41) is 0. The number of hydrogen-bond acceptors (Lipinski definition) is 4. The van der Waals surface area contributed by atoms with Crippen LogP contribution in [0.3, 0.4) is 0 Å². The Morgan fingerprint density at radius 1 is 1.20 bits per heavy atom. The maximum Gasteiger partial charge on any atom is 0.330 e. The van der Waals surface area contributed by atoms with Crippen LogP contribution in [0.5, 0.6) is 11.5 Å². The van der Waals surface area contributed by atoms with Crippen LogP contribution in [-0.4, -0.2) is 32.2 Å². The predicted molar refractivity (Wildman–Crippen MR) is 62.5 cm³/mol. The van der Waals surface area contributed by atoms with Crippen molar-refractivity contribution in [1.82, 2.24) is 0 Å². The van der Waals surface area contributed by atoms with E-state index >= 15 is 0 Å². The SMILES string of the molecule is Nc1cc2c(cc1COCC(F)(F)C(F)F)OCCO2. The van der Waals surface area contributed by atoms with Crippen LogP contribution in [0, 0.1) is 0 Å². The molecule has 112 valence electrons. The molecule has 0 amide bonds. The fourth-order valence-electron chi connectivity index (χ4n) is 1.63. The molecule has 0 spiro atoms. The first-order valence-corrected chi connectivity index (χ1v) is 5.82. The number of rotatable bonds is 5. The fraction of sp³-hybridized carbons (Fsp3) is 0.500. The van der Waals surface area contributed by atoms with Gasteiger partial charge in [0.05, 0.1) is 6.61 Å². The van der Waals surface area contributed by atoms with Crippen molar-refractivity contribution in [3.63, 3.8) is 0 Å². The van der Waals surface area contributed by atoms with E-state index in [4.69, 9.17) is 15.2 Å². The number of nitrogen functional groups attached to an aromatic ring is 1. The zero-order valence-corrected chi connectivity index (χ0v) is 10.4. The van der Waals surface area contributed by atoms with Gasteiger partial charge in [-0.2, -0.15) is 8.78 Å². The molecule has 0 aromatic heterocycles. The Morgan fingerprint density at radius 2 is 1.80 bits per heavy atom. The molecule has 1 aliphatic rings. The third-order valence-electron chi connectivity index (χ3n) is 2.68. The molecule has 1 aromatic carbocycles. The second-order valence-corrected chi connectivity index (χ2v) is 4.25. The molecular weight excluding hydrogens is 282 g/mol. The van der Waals surface area contributed by atoms with Crippen LogP contribution < -0.4 is 15.2 Å². The topological polar surface area (TPSA) is 53.7 Å². The Hall–Kier alpha value is -1.70. The Kier molecular flexibility index (Phi) is 4.22. The van der Waals surface area contributed by atoms with Gasteiger partial charge in [0.1, 0.15) is 19.8 Å². The molecule has 0 bridgehead atoms. The van der Waals surface area contributed by atoms with Crippen molar-refractivity contribution in [2.45, 2.75) is 19.0 Å². The highest BCUT2D eigenvalue weighted by atomic mass is 19.3. The summed E-state index contributed by atoms with van der Waals surface area (Å²) in [6.45, 7) is -0.938. The maximum atomic E-state index is 12.7. The summed E-state index contributed by atoms with van der Waals surface area (Å²) in [4.78, 5) is 0. The number of anilines is 1. The van der Waals surface area contributed by atoms with Crippen LogP contribution in [0.4, 0.5) is 23.2 Å². The van der Waals surface area contributed by atoms with Crippen molar-refractivity contribution < 1.29 is 31.8 Å². The van der Waals surface area contributed by atoms with Gasteiger partial charge in [-0.15, -0.1) is 0 Å². The maximum absolute atomic E-state index is 12.7. The molecule has 0 saturated heterocycles. The molecule has 20 heavy (non-hydrogen) atoms. The second kappa shape index (κ2) is 5.74. The van der Waals surface area contributed by atoms with Gasteiger partial charge < -0.3 is 19.9 Å². The normalized spacial score (nSPS) is 14.7. The number of nitrogens with two attached hydrogens (primary N) is 1. The molecule has 1 heterocycles. The van der Waals surface area contributed by atoms with E-state index in [2.05, 4.69) is 4.74 Å². The van der Waals surface area contributed by atoms with Gasteiger partial charge in [-0.25, -0.2) is 8.78 Å². The summed E-state index contributed by atoms with van der Waals surface area (Å²) in [7, 11) is 0. The van der Waals surface area contributed by atoms with Gasteiger partial charge in [-0.1, -0.05) is 0 Å². The lowest BCUT2D eigenvalue weighted by molar-refractivity contribution is -0.168. The van der Waals surface area contributed by atoms with E-state index in [1.165, 1.54) is 12.1 Å². The number of fused-ring (bicyclic) bond motifs is 1. The van der Waals surface area contributed by atoms with Crippen molar-refractivity contribution in [3.8, 4) is 11.5 Å². The quantitative estimate of drug-likeness (QED) is 0.669. The van der Waals surface area contributed by atoms with Crippen LogP contribution in [0.15, 0.2) is 12.1 Å². The van der Waals surface area contributed by atoms with Gasteiger partial charge in [0.2, 0.25) is 0 Å². The molecule has 0 atom stereocenters. The monoisotopic (exact) mass is 295 g/mol. The third-order valence-corrected chi connectivity index (χ3v) is 2.68. The van der Waals surface area contributed by atoms with E-state index < -0.39 is 19.0 Å². The summed E-state index contributed by atoms with van der Waals surface area (Å²) < 4.78 is 64.4. The van der Waals surface area contributed by atoms with Crippen molar-refractivity contribution in [3.05, 3.63) is 17.7 Å². The minimum atomic E-state index is -4.18. The van der Waals surface area contributed by atoms with Crippen molar-refractivity contribution in [1.29, 1.82) is 0 Å². The number of halogens is 4. The zero-order chi connectivity index (χ0) is 14.8. The van der Waals surface area contributed by atoms with Gasteiger partial charge in [-0.05, 0) is 6.07 Å². The van der Waals surface area contributed by atoms with Gasteiger partial charge >= 0.3 is 12.3 Å². The predicted octanol–water partition coefficient (Wildman–Crippen LogP) is 2.46. The van der Waals surface area contributed by atoms with Gasteiger partial charge in [0, 0.05) is 17.3 Å². The van der Waals surface area contributed by atoms with Crippen LogP contribution in [0.25, 0.3) is 0 Å². The second-order valence-electron chi connectivity index (χ2n) is 4.25. The number of ether oxygens (including phenoxy) is 3. The average molecular weight is 295 g/mol. The lowest BCUT2D eigenvalue weighted by Gasteiger charge is -2.20. The molecular formula is C12H13F4NO3. The Bertz CT molecular complexity index is 482. The zero-order valence-electron chi connectivity index (χ0n) is 10.4. The standard InChI is InChI=1S/C12H13F4NO3/c13-11(14)12(15,16)6-18-5-7-3-9-10(4-8(7)17)20-2-1-19-9/h3-4,11H,1-2,5-6,17H2. The molecule has 1 aromatic rings. The van der Waals surface area contributed by atoms with Gasteiger partial charge in [0.25, 0.3) is 0 Å². The molecule has 2 rings (SSSR count). The van der Waals surface area contributed by atoms with Crippen LogP contribution in [-0.2, 0) is 11.3 Å². The van der Waals surface area contributed by atoms with Crippen LogP contribution >= 0.6 is 0 Å². The first-order valence-electron chi connectivity index (χ1n) is 5.82. The highest BCUT2D eigenvalue weighted by molar-refractivity contribution is 5.58. The largest absolute Gasteiger partial charge is 0.486 e. The summed E-state index contributed by atoms with van der Waals surface area (Å²) in [5.41, 5.74) is 6.34. The average Bonchev–Trinajstić information content (AvgIpc) is 2.39. The highest BCUT2D eigenvalue weighted by Gasteiger charge is 2.40. The van der Waals surface area contributed by atoms with Crippen LogP contribution in [0.1, 0.15) is 5.56 Å². The Labute approximate surface area is 112 Å². The minimum Gasteiger partial charge on any atom is -0.486 e. The lowest BCUT2D eigenvalue weighted by Crippen LogP contribution is -2.32. The molecule has 0 fully saturated rings. The van der Waals surface area contributed by atoms with Gasteiger partial charge in [-0.3, -0.25) is 0 Å². The van der Waals surface area contributed by atoms with E-state index in [1.54, 1.807) is 0 Å². The third kappa shape index (κ3) is 3.24. The first kappa shape index (κ1) is 14.7. The first-order chi connectivity index (χ1) is 9.40.